The molecule has 0 aromatic carbocycles. The van der Waals surface area contributed by atoms with Crippen LogP contribution in [0.15, 0.2) is 79.9 Å². The molecule has 0 aliphatic rings. The Morgan fingerprint density at radius 1 is 0.889 bits per heavy atom. The minimum absolute atomic E-state index is 0.0527. The van der Waals surface area contributed by atoms with Crippen molar-refractivity contribution in [3.63, 3.8) is 0 Å². The summed E-state index contributed by atoms with van der Waals surface area (Å²) in [6, 6.07) is 13.8. The number of carbonyl (C=O) groups is 1. The Morgan fingerprint density at radius 2 is 1.39 bits per heavy atom. The molecule has 0 aliphatic heterocycles. The fourth-order valence-electron chi connectivity index (χ4n) is 2.01. The molecule has 4 aromatic rings. The van der Waals surface area contributed by atoms with Gasteiger partial charge in [0.25, 0.3) is 0 Å². The lowest BCUT2D eigenvalue weighted by Crippen LogP contribution is -1.96. The van der Waals surface area contributed by atoms with Gasteiger partial charge in [-0.25, -0.2) is 0 Å². The van der Waals surface area contributed by atoms with Crippen molar-refractivity contribution >= 4 is 23.1 Å². The van der Waals surface area contributed by atoms with Gasteiger partial charge in [0.15, 0.2) is 10.9 Å². The van der Waals surface area contributed by atoms with E-state index < -0.39 is 6.10 Å². The topological polar surface area (TPSA) is 150 Å². The molecule has 0 saturated carbocycles. The number of hydrogen-bond donors (Lipinski definition) is 1. The first-order valence-electron chi connectivity index (χ1n) is 10.6. The maximum absolute atomic E-state index is 10.5. The SMILES string of the molecule is C=C(OCC)c1cccnn1.CC(=O)c1cccnn1.CC(O)c1cccnn1.Clc1cccnn1. The van der Waals surface area contributed by atoms with Gasteiger partial charge in [0, 0.05) is 31.7 Å². The van der Waals surface area contributed by atoms with Gasteiger partial charge in [-0.15, -0.1) is 15.3 Å². The van der Waals surface area contributed by atoms with E-state index in [0.29, 0.717) is 34.6 Å². The van der Waals surface area contributed by atoms with Gasteiger partial charge < -0.3 is 9.84 Å². The number of ketones is 1. The average Bonchev–Trinajstić information content (AvgIpc) is 2.92. The van der Waals surface area contributed by atoms with Crippen molar-refractivity contribution in [1.82, 2.24) is 40.8 Å². The number of ether oxygens (including phenoxy) is 1. The maximum atomic E-state index is 10.5. The van der Waals surface area contributed by atoms with Crippen molar-refractivity contribution < 1.29 is 14.6 Å². The van der Waals surface area contributed by atoms with E-state index in [1.165, 1.54) is 13.1 Å². The number of aromatic nitrogens is 8. The first-order chi connectivity index (χ1) is 17.3. The fraction of sp³-hybridized carbons (Fsp3) is 0.208. The van der Waals surface area contributed by atoms with E-state index in [0.717, 1.165) is 0 Å². The number of aliphatic hydroxyl groups is 1. The minimum Gasteiger partial charge on any atom is -0.492 e. The van der Waals surface area contributed by atoms with Crippen LogP contribution in [0.2, 0.25) is 5.15 Å². The van der Waals surface area contributed by atoms with Gasteiger partial charge in [-0.3, -0.25) is 4.79 Å². The zero-order chi connectivity index (χ0) is 26.6. The van der Waals surface area contributed by atoms with Crippen LogP contribution in [0.1, 0.15) is 48.8 Å². The van der Waals surface area contributed by atoms with Crippen LogP contribution in [-0.4, -0.2) is 58.3 Å². The number of nitrogens with zero attached hydrogens (tertiary/aromatic N) is 8. The van der Waals surface area contributed by atoms with Crippen LogP contribution >= 0.6 is 11.6 Å². The molecule has 0 fully saturated rings. The van der Waals surface area contributed by atoms with Gasteiger partial charge in [0.2, 0.25) is 0 Å². The lowest BCUT2D eigenvalue weighted by molar-refractivity contribution is 0.101. The third kappa shape index (κ3) is 13.5. The van der Waals surface area contributed by atoms with Crippen LogP contribution in [0.25, 0.3) is 5.76 Å². The molecular weight excluding hydrogens is 484 g/mol. The standard InChI is InChI=1S/C8H10N2O.C6H8N2O.C6H6N2O.C4H3ClN2/c1-3-11-7(2)8-5-4-6-9-10-8;2*1-5(9)6-3-2-4-7-8-6;5-4-2-1-3-6-7-4/h4-6H,2-3H2,1H3;2-5,9H,1H3;2-4H,1H3;1-3H. The third-order valence-electron chi connectivity index (χ3n) is 3.67. The Balaban J connectivity index is 0.000000243. The average molecular weight is 511 g/mol. The highest BCUT2D eigenvalue weighted by Gasteiger charge is 1.99. The Labute approximate surface area is 214 Å². The highest BCUT2D eigenvalue weighted by molar-refractivity contribution is 6.29. The molecule has 4 rings (SSSR count). The molecule has 0 amide bonds. The number of hydrogen-bond acceptors (Lipinski definition) is 11. The van der Waals surface area contributed by atoms with Crippen molar-refractivity contribution in [2.75, 3.05) is 6.61 Å². The first kappa shape index (κ1) is 29.8. The Morgan fingerprint density at radius 3 is 1.67 bits per heavy atom. The highest BCUT2D eigenvalue weighted by atomic mass is 35.5. The second-order valence-electron chi connectivity index (χ2n) is 6.50. The molecular formula is C24H27ClN8O3. The molecule has 0 saturated heterocycles. The van der Waals surface area contributed by atoms with E-state index in [-0.39, 0.29) is 5.78 Å². The largest absolute Gasteiger partial charge is 0.492 e. The first-order valence-corrected chi connectivity index (χ1v) is 11.0. The second-order valence-corrected chi connectivity index (χ2v) is 6.89. The quantitative estimate of drug-likeness (QED) is 0.308. The summed E-state index contributed by atoms with van der Waals surface area (Å²) in [4.78, 5) is 10.5. The van der Waals surface area contributed by atoms with E-state index in [4.69, 9.17) is 21.4 Å². The molecule has 1 unspecified atom stereocenters. The fourth-order valence-corrected chi connectivity index (χ4v) is 2.12. The van der Waals surface area contributed by atoms with Crippen LogP contribution in [0, 0.1) is 0 Å². The van der Waals surface area contributed by atoms with Crippen LogP contribution in [-0.2, 0) is 4.74 Å². The molecule has 0 bridgehead atoms. The van der Waals surface area contributed by atoms with E-state index >= 15 is 0 Å². The Bertz CT molecular complexity index is 1120. The lowest BCUT2D eigenvalue weighted by atomic mass is 10.3. The van der Waals surface area contributed by atoms with Gasteiger partial charge in [0.05, 0.1) is 18.4 Å². The molecule has 0 radical (unpaired) electrons. The van der Waals surface area contributed by atoms with Crippen LogP contribution in [0.4, 0.5) is 0 Å². The molecule has 1 atom stereocenters. The van der Waals surface area contributed by atoms with Gasteiger partial charge in [0.1, 0.15) is 17.1 Å². The predicted molar refractivity (Wildman–Crippen MR) is 134 cm³/mol. The van der Waals surface area contributed by atoms with Crippen molar-refractivity contribution in [3.8, 4) is 0 Å². The van der Waals surface area contributed by atoms with E-state index in [9.17, 15) is 4.79 Å². The van der Waals surface area contributed by atoms with Gasteiger partial charge in [-0.2, -0.15) is 25.5 Å². The zero-order valence-corrected chi connectivity index (χ0v) is 20.9. The summed E-state index contributed by atoms with van der Waals surface area (Å²) < 4.78 is 5.13. The monoisotopic (exact) mass is 510 g/mol. The summed E-state index contributed by atoms with van der Waals surface area (Å²) in [6.45, 7) is 9.32. The van der Waals surface area contributed by atoms with Crippen LogP contribution in [0.3, 0.4) is 0 Å². The molecule has 0 aliphatic carbocycles. The van der Waals surface area contributed by atoms with Crippen molar-refractivity contribution in [2.45, 2.75) is 26.9 Å². The number of carbonyl (C=O) groups excluding carboxylic acids is 1. The summed E-state index contributed by atoms with van der Waals surface area (Å²) in [5, 5.41) is 38.3. The molecule has 188 valence electrons. The van der Waals surface area contributed by atoms with E-state index in [1.807, 2.05) is 13.0 Å². The summed E-state index contributed by atoms with van der Waals surface area (Å²) in [7, 11) is 0. The number of rotatable bonds is 5. The van der Waals surface area contributed by atoms with Gasteiger partial charge in [-0.1, -0.05) is 18.2 Å². The Kier molecular flexibility index (Phi) is 15.0. The van der Waals surface area contributed by atoms with Crippen molar-refractivity contribution in [3.05, 3.63) is 102 Å². The number of halogens is 1. The van der Waals surface area contributed by atoms with Crippen LogP contribution < -0.4 is 0 Å². The minimum atomic E-state index is -0.515. The number of aliphatic hydroxyl groups excluding tert-OH is 1. The zero-order valence-electron chi connectivity index (χ0n) is 20.1. The summed E-state index contributed by atoms with van der Waals surface area (Å²) in [5.41, 5.74) is 1.71. The van der Waals surface area contributed by atoms with E-state index in [1.54, 1.807) is 68.0 Å². The molecule has 4 heterocycles. The third-order valence-corrected chi connectivity index (χ3v) is 3.87. The van der Waals surface area contributed by atoms with Crippen molar-refractivity contribution in [1.29, 1.82) is 0 Å². The predicted octanol–water partition coefficient (Wildman–Crippen LogP) is 3.82. The second kappa shape index (κ2) is 18.2. The summed E-state index contributed by atoms with van der Waals surface area (Å²) >= 11 is 5.37. The highest BCUT2D eigenvalue weighted by Crippen LogP contribution is 2.07. The molecule has 11 nitrogen and oxygen atoms in total. The summed E-state index contributed by atoms with van der Waals surface area (Å²) in [5.74, 6) is 0.517. The Hall–Kier alpha value is -4.22. The maximum Gasteiger partial charge on any atom is 0.180 e. The number of Topliss-reactive ketones (excluding diaryl/α,β-unsaturated/α-hetero) is 1. The molecule has 0 spiro atoms. The summed E-state index contributed by atoms with van der Waals surface area (Å²) in [6.07, 6.45) is 5.78. The van der Waals surface area contributed by atoms with Gasteiger partial charge in [-0.05, 0) is 62.4 Å². The normalized spacial score (nSPS) is 10.0. The van der Waals surface area contributed by atoms with E-state index in [2.05, 4.69) is 47.4 Å². The molecule has 1 N–H and O–H groups in total. The molecule has 36 heavy (non-hydrogen) atoms. The van der Waals surface area contributed by atoms with Crippen molar-refractivity contribution in [2.24, 2.45) is 0 Å². The smallest absolute Gasteiger partial charge is 0.180 e. The molecule has 12 heteroatoms. The molecule has 4 aromatic heterocycles. The lowest BCUT2D eigenvalue weighted by Gasteiger charge is -2.03. The van der Waals surface area contributed by atoms with Crippen LogP contribution in [0.5, 0.6) is 0 Å². The van der Waals surface area contributed by atoms with Gasteiger partial charge >= 0.3 is 0 Å².